The van der Waals surface area contributed by atoms with Gasteiger partial charge in [0.05, 0.1) is 12.7 Å². The molecule has 0 aliphatic carbocycles. The lowest BCUT2D eigenvalue weighted by molar-refractivity contribution is 0.102. The van der Waals surface area contributed by atoms with Crippen LogP contribution in [-0.4, -0.2) is 20.9 Å². The average Bonchev–Trinajstić information content (AvgIpc) is 3.00. The van der Waals surface area contributed by atoms with E-state index in [0.29, 0.717) is 12.2 Å². The lowest BCUT2D eigenvalue weighted by Crippen LogP contribution is -2.12. The van der Waals surface area contributed by atoms with E-state index in [1.54, 1.807) is 10.9 Å². The average molecular weight is 306 g/mol. The Morgan fingerprint density at radius 2 is 1.87 bits per heavy atom. The molecule has 0 saturated heterocycles. The number of nitrogens with one attached hydrogen (secondary N) is 1. The third kappa shape index (κ3) is 3.63. The van der Waals surface area contributed by atoms with Gasteiger partial charge in [-0.05, 0) is 42.7 Å². The lowest BCUT2D eigenvalue weighted by Gasteiger charge is -2.05. The van der Waals surface area contributed by atoms with E-state index in [1.807, 2.05) is 62.4 Å². The number of nitrogens with zero attached hydrogens (tertiary/aromatic N) is 3. The molecule has 1 amide bonds. The first-order valence-electron chi connectivity index (χ1n) is 7.44. The van der Waals surface area contributed by atoms with Crippen LogP contribution >= 0.6 is 0 Å². The maximum Gasteiger partial charge on any atom is 0.277 e. The minimum Gasteiger partial charge on any atom is -0.321 e. The Morgan fingerprint density at radius 3 is 2.61 bits per heavy atom. The van der Waals surface area contributed by atoms with Gasteiger partial charge in [0, 0.05) is 5.69 Å². The van der Waals surface area contributed by atoms with E-state index in [-0.39, 0.29) is 5.91 Å². The first-order chi connectivity index (χ1) is 11.1. The van der Waals surface area contributed by atoms with Crippen molar-refractivity contribution in [3.63, 3.8) is 0 Å². The van der Waals surface area contributed by atoms with Gasteiger partial charge >= 0.3 is 0 Å². The van der Waals surface area contributed by atoms with Gasteiger partial charge in [0.25, 0.3) is 5.91 Å². The Balaban J connectivity index is 1.69. The summed E-state index contributed by atoms with van der Waals surface area (Å²) < 4.78 is 1.66. The van der Waals surface area contributed by atoms with Crippen molar-refractivity contribution in [1.82, 2.24) is 15.0 Å². The van der Waals surface area contributed by atoms with Gasteiger partial charge in [0.1, 0.15) is 0 Å². The summed E-state index contributed by atoms with van der Waals surface area (Å²) in [5.41, 5.74) is 4.50. The minimum atomic E-state index is -0.257. The molecule has 23 heavy (non-hydrogen) atoms. The molecule has 5 nitrogen and oxygen atoms in total. The Labute approximate surface area is 135 Å². The van der Waals surface area contributed by atoms with Crippen LogP contribution in [0.3, 0.4) is 0 Å². The highest BCUT2D eigenvalue weighted by Gasteiger charge is 2.11. The van der Waals surface area contributed by atoms with Gasteiger partial charge < -0.3 is 5.32 Å². The molecule has 1 aromatic heterocycles. The van der Waals surface area contributed by atoms with E-state index in [1.165, 1.54) is 5.56 Å². The van der Waals surface area contributed by atoms with Gasteiger partial charge in [-0.2, -0.15) is 0 Å². The number of aromatic nitrogens is 3. The summed E-state index contributed by atoms with van der Waals surface area (Å²) in [6, 6.07) is 15.7. The van der Waals surface area contributed by atoms with Gasteiger partial charge in [-0.15, -0.1) is 5.10 Å². The fraction of sp³-hybridized carbons (Fsp3) is 0.167. The van der Waals surface area contributed by atoms with Crippen LogP contribution in [0.15, 0.2) is 54.7 Å². The van der Waals surface area contributed by atoms with E-state index in [4.69, 9.17) is 0 Å². The van der Waals surface area contributed by atoms with Crippen molar-refractivity contribution in [1.29, 1.82) is 0 Å². The quantitative estimate of drug-likeness (QED) is 0.805. The molecule has 0 fully saturated rings. The second-order valence-electron chi connectivity index (χ2n) is 5.54. The fourth-order valence-corrected chi connectivity index (χ4v) is 2.26. The lowest BCUT2D eigenvalue weighted by atomic mass is 10.1. The number of anilines is 1. The molecule has 1 heterocycles. The third-order valence-corrected chi connectivity index (χ3v) is 3.72. The highest BCUT2D eigenvalue weighted by Crippen LogP contribution is 2.15. The Kier molecular flexibility index (Phi) is 4.19. The summed E-state index contributed by atoms with van der Waals surface area (Å²) in [7, 11) is 0. The van der Waals surface area contributed by atoms with Crippen molar-refractivity contribution in [2.24, 2.45) is 0 Å². The van der Waals surface area contributed by atoms with Crippen LogP contribution in [0.25, 0.3) is 0 Å². The molecule has 0 aliphatic heterocycles. The molecule has 0 aliphatic rings. The predicted molar refractivity (Wildman–Crippen MR) is 89.4 cm³/mol. The molecule has 116 valence electrons. The van der Waals surface area contributed by atoms with Crippen molar-refractivity contribution >= 4 is 11.6 Å². The minimum absolute atomic E-state index is 0.257. The number of carbonyl (C=O) groups excluding carboxylic acids is 1. The van der Waals surface area contributed by atoms with E-state index < -0.39 is 0 Å². The molecule has 0 saturated carbocycles. The molecular formula is C18H18N4O. The second kappa shape index (κ2) is 6.44. The molecule has 1 N–H and O–H groups in total. The van der Waals surface area contributed by atoms with Crippen LogP contribution < -0.4 is 5.32 Å². The van der Waals surface area contributed by atoms with Crippen LogP contribution in [-0.2, 0) is 6.54 Å². The van der Waals surface area contributed by atoms with Gasteiger partial charge in [0.2, 0.25) is 0 Å². The number of rotatable bonds is 4. The van der Waals surface area contributed by atoms with Crippen LogP contribution in [0.4, 0.5) is 5.69 Å². The number of aryl methyl sites for hydroxylation is 2. The predicted octanol–water partition coefficient (Wildman–Crippen LogP) is 3.20. The Hall–Kier alpha value is -2.95. The van der Waals surface area contributed by atoms with Crippen molar-refractivity contribution in [2.75, 3.05) is 5.32 Å². The standard InChI is InChI=1S/C18H18N4O/c1-13-8-9-16(10-14(13)2)19-18(23)17-12-22(21-20-17)11-15-6-4-3-5-7-15/h3-10,12H,11H2,1-2H3,(H,19,23). The highest BCUT2D eigenvalue weighted by atomic mass is 16.2. The van der Waals surface area contributed by atoms with Crippen LogP contribution in [0.5, 0.6) is 0 Å². The topological polar surface area (TPSA) is 59.8 Å². The zero-order valence-corrected chi connectivity index (χ0v) is 13.2. The van der Waals surface area contributed by atoms with E-state index in [9.17, 15) is 4.79 Å². The molecule has 3 aromatic rings. The molecule has 0 atom stereocenters. The smallest absolute Gasteiger partial charge is 0.277 e. The number of hydrogen-bond acceptors (Lipinski definition) is 3. The zero-order chi connectivity index (χ0) is 16.2. The van der Waals surface area contributed by atoms with Crippen molar-refractivity contribution in [3.05, 3.63) is 77.1 Å². The zero-order valence-electron chi connectivity index (χ0n) is 13.2. The van der Waals surface area contributed by atoms with Gasteiger partial charge in [-0.3, -0.25) is 4.79 Å². The molecule has 5 heteroatoms. The van der Waals surface area contributed by atoms with Crippen LogP contribution in [0.1, 0.15) is 27.2 Å². The van der Waals surface area contributed by atoms with Gasteiger partial charge in [-0.25, -0.2) is 4.68 Å². The molecule has 3 rings (SSSR count). The van der Waals surface area contributed by atoms with E-state index >= 15 is 0 Å². The fourth-order valence-electron chi connectivity index (χ4n) is 2.26. The van der Waals surface area contributed by atoms with E-state index in [2.05, 4.69) is 15.6 Å². The van der Waals surface area contributed by atoms with Crippen molar-refractivity contribution in [3.8, 4) is 0 Å². The van der Waals surface area contributed by atoms with Gasteiger partial charge in [0.15, 0.2) is 5.69 Å². The summed E-state index contributed by atoms with van der Waals surface area (Å²) in [4.78, 5) is 12.2. The summed E-state index contributed by atoms with van der Waals surface area (Å²) in [5, 5.41) is 10.8. The SMILES string of the molecule is Cc1ccc(NC(=O)c2cn(Cc3ccccc3)nn2)cc1C. The first-order valence-corrected chi connectivity index (χ1v) is 7.44. The van der Waals surface area contributed by atoms with Crippen LogP contribution in [0, 0.1) is 13.8 Å². The van der Waals surface area contributed by atoms with E-state index in [0.717, 1.165) is 16.8 Å². The number of amides is 1. The normalized spacial score (nSPS) is 10.5. The summed E-state index contributed by atoms with van der Waals surface area (Å²) in [6.45, 7) is 4.64. The molecule has 2 aromatic carbocycles. The van der Waals surface area contributed by atoms with Crippen molar-refractivity contribution < 1.29 is 4.79 Å². The Morgan fingerprint density at radius 1 is 1.09 bits per heavy atom. The Bertz CT molecular complexity index is 824. The summed E-state index contributed by atoms with van der Waals surface area (Å²) in [6.07, 6.45) is 1.66. The molecule has 0 unspecified atom stereocenters. The van der Waals surface area contributed by atoms with Gasteiger partial charge in [-0.1, -0.05) is 41.6 Å². The number of carbonyl (C=O) groups is 1. The first kappa shape index (κ1) is 15.0. The molecular weight excluding hydrogens is 288 g/mol. The second-order valence-corrected chi connectivity index (χ2v) is 5.54. The van der Waals surface area contributed by atoms with Crippen LogP contribution in [0.2, 0.25) is 0 Å². The molecule has 0 bridgehead atoms. The van der Waals surface area contributed by atoms with Crippen molar-refractivity contribution in [2.45, 2.75) is 20.4 Å². The highest BCUT2D eigenvalue weighted by molar-refractivity contribution is 6.02. The summed E-state index contributed by atoms with van der Waals surface area (Å²) >= 11 is 0. The summed E-state index contributed by atoms with van der Waals surface area (Å²) in [5.74, 6) is -0.257. The molecule has 0 spiro atoms. The number of benzene rings is 2. The maximum absolute atomic E-state index is 12.2. The largest absolute Gasteiger partial charge is 0.321 e. The molecule has 0 radical (unpaired) electrons. The monoisotopic (exact) mass is 306 g/mol. The maximum atomic E-state index is 12.2. The number of hydrogen-bond donors (Lipinski definition) is 1. The third-order valence-electron chi connectivity index (χ3n) is 3.72.